The lowest BCUT2D eigenvalue weighted by atomic mass is 10.2. The van der Waals surface area contributed by atoms with Crippen molar-refractivity contribution in [3.8, 4) is 5.88 Å². The third kappa shape index (κ3) is 2.83. The number of carbonyl (C=O) groups is 1. The highest BCUT2D eigenvalue weighted by Gasteiger charge is 2.23. The number of methoxy groups -OCH3 is 1. The van der Waals surface area contributed by atoms with Gasteiger partial charge in [0.2, 0.25) is 5.88 Å². The Morgan fingerprint density at radius 1 is 1.37 bits per heavy atom. The summed E-state index contributed by atoms with van der Waals surface area (Å²) < 4.78 is 12.8. The minimum Gasteiger partial charge on any atom is -0.479 e. The molecule has 0 saturated carbocycles. The first-order valence-electron chi connectivity index (χ1n) is 5.78. The van der Waals surface area contributed by atoms with Crippen LogP contribution in [0.2, 0.25) is 0 Å². The van der Waals surface area contributed by atoms with Gasteiger partial charge in [-0.3, -0.25) is 0 Å². The molecule has 6 heteroatoms. The van der Waals surface area contributed by atoms with Crippen LogP contribution in [-0.2, 0) is 4.74 Å². The van der Waals surface area contributed by atoms with Crippen LogP contribution in [0, 0.1) is 3.57 Å². The van der Waals surface area contributed by atoms with Gasteiger partial charge in [-0.15, -0.1) is 5.10 Å². The first-order chi connectivity index (χ1) is 8.83. The van der Waals surface area contributed by atoms with Crippen molar-refractivity contribution < 1.29 is 14.3 Å². The second-order valence-electron chi connectivity index (χ2n) is 5.04. The number of fused-ring (bicyclic) bond motifs is 1. The van der Waals surface area contributed by atoms with Crippen LogP contribution in [0.4, 0.5) is 4.79 Å². The summed E-state index contributed by atoms with van der Waals surface area (Å²) in [7, 11) is 1.53. The molecule has 1 aromatic carbocycles. The Labute approximate surface area is 125 Å². The van der Waals surface area contributed by atoms with Gasteiger partial charge in [-0.1, -0.05) is 6.07 Å². The average molecular weight is 374 g/mol. The third-order valence-corrected chi connectivity index (χ3v) is 3.28. The van der Waals surface area contributed by atoms with E-state index in [2.05, 4.69) is 27.7 Å². The fourth-order valence-corrected chi connectivity index (χ4v) is 2.40. The molecule has 0 amide bonds. The van der Waals surface area contributed by atoms with Gasteiger partial charge in [0.25, 0.3) is 0 Å². The maximum atomic E-state index is 12.1. The maximum Gasteiger partial charge on any atom is 0.435 e. The van der Waals surface area contributed by atoms with Crippen molar-refractivity contribution in [2.75, 3.05) is 7.11 Å². The number of halogens is 1. The molecule has 0 spiro atoms. The number of benzene rings is 1. The number of nitrogens with zero attached hydrogens (tertiary/aromatic N) is 2. The van der Waals surface area contributed by atoms with Gasteiger partial charge >= 0.3 is 6.09 Å². The van der Waals surface area contributed by atoms with Gasteiger partial charge in [0.15, 0.2) is 0 Å². The summed E-state index contributed by atoms with van der Waals surface area (Å²) in [5.74, 6) is 0.422. The van der Waals surface area contributed by atoms with Crippen molar-refractivity contribution in [3.05, 3.63) is 21.8 Å². The zero-order valence-corrected chi connectivity index (χ0v) is 13.4. The molecule has 0 fully saturated rings. The average Bonchev–Trinajstić information content (AvgIpc) is 2.67. The van der Waals surface area contributed by atoms with Gasteiger partial charge in [-0.2, -0.15) is 4.68 Å². The molecule has 2 aromatic rings. The van der Waals surface area contributed by atoms with E-state index in [-0.39, 0.29) is 0 Å². The molecule has 102 valence electrons. The molecular formula is C13H15IN2O3. The smallest absolute Gasteiger partial charge is 0.435 e. The largest absolute Gasteiger partial charge is 0.479 e. The highest BCUT2D eigenvalue weighted by molar-refractivity contribution is 14.1. The van der Waals surface area contributed by atoms with Crippen LogP contribution in [-0.4, -0.2) is 28.6 Å². The quantitative estimate of drug-likeness (QED) is 0.718. The molecular weight excluding hydrogens is 359 g/mol. The topological polar surface area (TPSA) is 53.4 Å². The van der Waals surface area contributed by atoms with Gasteiger partial charge in [0.1, 0.15) is 5.60 Å². The predicted molar refractivity (Wildman–Crippen MR) is 80.6 cm³/mol. The van der Waals surface area contributed by atoms with Crippen LogP contribution in [0.25, 0.3) is 10.9 Å². The predicted octanol–water partition coefficient (Wildman–Crippen LogP) is 3.43. The summed E-state index contributed by atoms with van der Waals surface area (Å²) in [6, 6.07) is 5.62. The Morgan fingerprint density at radius 2 is 2.05 bits per heavy atom. The van der Waals surface area contributed by atoms with E-state index >= 15 is 0 Å². The standard InChI is InChI=1S/C13H15IN2O3/c1-13(2,3)19-12(17)16-9-7-5-6-8(14)10(9)11(15-16)18-4/h5-7H,1-4H3. The van der Waals surface area contributed by atoms with Crippen LogP contribution < -0.4 is 4.74 Å². The van der Waals surface area contributed by atoms with Crippen LogP contribution in [0.3, 0.4) is 0 Å². The van der Waals surface area contributed by atoms with Crippen molar-refractivity contribution in [1.82, 2.24) is 9.78 Å². The SMILES string of the molecule is COc1nn(C(=O)OC(C)(C)C)c2cccc(I)c12. The van der Waals surface area contributed by atoms with Gasteiger partial charge in [-0.25, -0.2) is 4.79 Å². The Hall–Kier alpha value is -1.31. The normalized spacial score (nSPS) is 11.6. The molecule has 0 aliphatic heterocycles. The molecule has 0 bridgehead atoms. The highest BCUT2D eigenvalue weighted by Crippen LogP contribution is 2.29. The van der Waals surface area contributed by atoms with Crippen LogP contribution in [0.1, 0.15) is 20.8 Å². The zero-order chi connectivity index (χ0) is 14.2. The van der Waals surface area contributed by atoms with Crippen molar-refractivity contribution in [1.29, 1.82) is 0 Å². The molecule has 0 aliphatic rings. The number of carbonyl (C=O) groups excluding carboxylic acids is 1. The second kappa shape index (κ2) is 4.99. The number of aromatic nitrogens is 2. The molecule has 0 saturated heterocycles. The molecule has 0 N–H and O–H groups in total. The lowest BCUT2D eigenvalue weighted by Gasteiger charge is -2.19. The van der Waals surface area contributed by atoms with Gasteiger partial charge in [-0.05, 0) is 55.5 Å². The molecule has 0 radical (unpaired) electrons. The van der Waals surface area contributed by atoms with Gasteiger partial charge < -0.3 is 9.47 Å². The van der Waals surface area contributed by atoms with E-state index in [1.165, 1.54) is 11.8 Å². The molecule has 0 aliphatic carbocycles. The number of hydrogen-bond acceptors (Lipinski definition) is 4. The molecule has 2 rings (SSSR count). The Bertz CT molecular complexity index is 629. The minimum atomic E-state index is -0.565. The summed E-state index contributed by atoms with van der Waals surface area (Å²) in [4.78, 5) is 12.1. The Morgan fingerprint density at radius 3 is 2.63 bits per heavy atom. The molecule has 1 aromatic heterocycles. The Balaban J connectivity index is 2.56. The monoisotopic (exact) mass is 374 g/mol. The van der Waals surface area contributed by atoms with E-state index in [1.54, 1.807) is 0 Å². The van der Waals surface area contributed by atoms with E-state index in [4.69, 9.17) is 9.47 Å². The molecule has 5 nitrogen and oxygen atoms in total. The fraction of sp³-hybridized carbons (Fsp3) is 0.385. The molecule has 1 heterocycles. The summed E-state index contributed by atoms with van der Waals surface area (Å²) >= 11 is 2.19. The van der Waals surface area contributed by atoms with Crippen molar-refractivity contribution >= 4 is 39.6 Å². The second-order valence-corrected chi connectivity index (χ2v) is 6.20. The number of rotatable bonds is 1. The first kappa shape index (κ1) is 14.1. The minimum absolute atomic E-state index is 0.422. The molecule has 19 heavy (non-hydrogen) atoms. The fourth-order valence-electron chi connectivity index (χ4n) is 1.68. The molecule has 0 atom stereocenters. The maximum absolute atomic E-state index is 12.1. The van der Waals surface area contributed by atoms with Crippen LogP contribution in [0.5, 0.6) is 5.88 Å². The summed E-state index contributed by atoms with van der Waals surface area (Å²) in [6.45, 7) is 5.45. The number of ether oxygens (including phenoxy) is 2. The van der Waals surface area contributed by atoms with Gasteiger partial charge in [0, 0.05) is 3.57 Å². The first-order valence-corrected chi connectivity index (χ1v) is 6.86. The van der Waals surface area contributed by atoms with Gasteiger partial charge in [0.05, 0.1) is 18.0 Å². The highest BCUT2D eigenvalue weighted by atomic mass is 127. The zero-order valence-electron chi connectivity index (χ0n) is 11.2. The summed E-state index contributed by atoms with van der Waals surface area (Å²) in [5.41, 5.74) is 0.114. The van der Waals surface area contributed by atoms with Crippen molar-refractivity contribution in [2.24, 2.45) is 0 Å². The lowest BCUT2D eigenvalue weighted by Crippen LogP contribution is -2.27. The summed E-state index contributed by atoms with van der Waals surface area (Å²) in [6.07, 6.45) is -0.511. The lowest BCUT2D eigenvalue weighted by molar-refractivity contribution is 0.0520. The van der Waals surface area contributed by atoms with Crippen molar-refractivity contribution in [3.63, 3.8) is 0 Å². The van der Waals surface area contributed by atoms with E-state index in [0.717, 1.165) is 8.96 Å². The third-order valence-electron chi connectivity index (χ3n) is 2.38. The van der Waals surface area contributed by atoms with E-state index in [0.29, 0.717) is 11.4 Å². The summed E-state index contributed by atoms with van der Waals surface area (Å²) in [5, 5.41) is 4.98. The van der Waals surface area contributed by atoms with Crippen LogP contribution in [0.15, 0.2) is 18.2 Å². The number of hydrogen-bond donors (Lipinski definition) is 0. The van der Waals surface area contributed by atoms with E-state index in [9.17, 15) is 4.79 Å². The van der Waals surface area contributed by atoms with Crippen LogP contribution >= 0.6 is 22.6 Å². The van der Waals surface area contributed by atoms with Crippen molar-refractivity contribution in [2.45, 2.75) is 26.4 Å². The molecule has 0 unspecified atom stereocenters. The Kier molecular flexibility index (Phi) is 3.71. The van der Waals surface area contributed by atoms with E-state index in [1.807, 2.05) is 39.0 Å². The van der Waals surface area contributed by atoms with E-state index < -0.39 is 11.7 Å².